The first-order valence-electron chi connectivity index (χ1n) is 5.35. The van der Waals surface area contributed by atoms with E-state index < -0.39 is 12.2 Å². The zero-order valence-corrected chi connectivity index (χ0v) is 10.2. The second-order valence-electron chi connectivity index (χ2n) is 4.20. The molecule has 94 valence electrons. The number of hydrogen-bond acceptors (Lipinski definition) is 6. The summed E-state index contributed by atoms with van der Waals surface area (Å²) in [6.45, 7) is 2.09. The first-order chi connectivity index (χ1) is 7.99. The number of hydrogen-bond donors (Lipinski definition) is 3. The fraction of sp³-hybridized carbons (Fsp3) is 0.600. The summed E-state index contributed by atoms with van der Waals surface area (Å²) < 4.78 is 0. The zero-order valence-electron chi connectivity index (χ0n) is 9.41. The molecule has 1 aliphatic heterocycles. The van der Waals surface area contributed by atoms with E-state index in [0.29, 0.717) is 10.7 Å². The van der Waals surface area contributed by atoms with Crippen molar-refractivity contribution in [2.75, 3.05) is 13.1 Å². The van der Waals surface area contributed by atoms with Crippen LogP contribution < -0.4 is 5.73 Å². The summed E-state index contributed by atoms with van der Waals surface area (Å²) in [5.74, 6) is -0.274. The molecular formula is C10H15N3O3S. The van der Waals surface area contributed by atoms with Crippen molar-refractivity contribution in [3.8, 4) is 0 Å². The molecule has 1 amide bonds. The van der Waals surface area contributed by atoms with Gasteiger partial charge in [0.1, 0.15) is 10.7 Å². The molecule has 1 aliphatic rings. The molecule has 2 heterocycles. The number of β-amino-alcohol motifs (C(OH)–C–C–N with tert-alkyl or cyclic N) is 2. The van der Waals surface area contributed by atoms with Gasteiger partial charge in [-0.15, -0.1) is 11.3 Å². The van der Waals surface area contributed by atoms with Crippen LogP contribution in [0.2, 0.25) is 0 Å². The molecule has 0 saturated carbocycles. The highest BCUT2D eigenvalue weighted by Crippen LogP contribution is 2.19. The summed E-state index contributed by atoms with van der Waals surface area (Å²) in [4.78, 5) is 17.5. The third kappa shape index (κ3) is 2.47. The van der Waals surface area contributed by atoms with E-state index in [2.05, 4.69) is 4.98 Å². The van der Waals surface area contributed by atoms with E-state index in [0.717, 1.165) is 0 Å². The molecule has 1 saturated heterocycles. The monoisotopic (exact) mass is 257 g/mol. The van der Waals surface area contributed by atoms with Gasteiger partial charge in [0.25, 0.3) is 5.91 Å². The average Bonchev–Trinajstić information content (AvgIpc) is 2.86. The van der Waals surface area contributed by atoms with Gasteiger partial charge in [-0.3, -0.25) is 4.79 Å². The minimum Gasteiger partial charge on any atom is -0.388 e. The van der Waals surface area contributed by atoms with Crippen molar-refractivity contribution >= 4 is 17.2 Å². The lowest BCUT2D eigenvalue weighted by Crippen LogP contribution is -2.30. The van der Waals surface area contributed by atoms with Gasteiger partial charge in [0.2, 0.25) is 0 Å². The number of thiazole rings is 1. The Labute approximate surface area is 103 Å². The summed E-state index contributed by atoms with van der Waals surface area (Å²) in [7, 11) is 0. The normalized spacial score (nSPS) is 26.2. The van der Waals surface area contributed by atoms with Crippen LogP contribution in [0.4, 0.5) is 0 Å². The van der Waals surface area contributed by atoms with E-state index in [9.17, 15) is 15.0 Å². The van der Waals surface area contributed by atoms with E-state index >= 15 is 0 Å². The number of rotatable bonds is 2. The number of aliphatic hydroxyl groups excluding tert-OH is 2. The van der Waals surface area contributed by atoms with Crippen molar-refractivity contribution < 1.29 is 15.0 Å². The van der Waals surface area contributed by atoms with Crippen molar-refractivity contribution in [3.05, 3.63) is 16.1 Å². The fourth-order valence-corrected chi connectivity index (χ4v) is 2.44. The number of nitrogens with two attached hydrogens (primary N) is 1. The number of aliphatic hydroxyl groups is 2. The van der Waals surface area contributed by atoms with Crippen LogP contribution in [0.25, 0.3) is 0 Å². The van der Waals surface area contributed by atoms with Crippen molar-refractivity contribution in [2.45, 2.75) is 25.2 Å². The summed E-state index contributed by atoms with van der Waals surface area (Å²) in [5, 5.41) is 21.1. The molecule has 0 radical (unpaired) electrons. The SMILES string of the molecule is CC(N)c1nc(C(=O)N2C[C@@H](O)[C@@H](O)C2)cs1. The Hall–Kier alpha value is -1.02. The number of nitrogens with zero attached hydrogens (tertiary/aromatic N) is 2. The Morgan fingerprint density at radius 3 is 2.65 bits per heavy atom. The maximum absolute atomic E-state index is 12.0. The van der Waals surface area contributed by atoms with Crippen molar-refractivity contribution in [1.29, 1.82) is 0 Å². The third-order valence-electron chi connectivity index (χ3n) is 2.68. The van der Waals surface area contributed by atoms with Gasteiger partial charge in [-0.05, 0) is 6.92 Å². The summed E-state index contributed by atoms with van der Waals surface area (Å²) >= 11 is 1.34. The number of carbonyl (C=O) groups is 1. The van der Waals surface area contributed by atoms with E-state index in [1.54, 1.807) is 12.3 Å². The lowest BCUT2D eigenvalue weighted by molar-refractivity contribution is 0.0572. The number of likely N-dealkylation sites (tertiary alicyclic amines) is 1. The first kappa shape index (κ1) is 12.4. The largest absolute Gasteiger partial charge is 0.388 e. The fourth-order valence-electron chi connectivity index (χ4n) is 1.69. The second-order valence-corrected chi connectivity index (χ2v) is 5.09. The molecule has 0 aromatic carbocycles. The molecule has 0 aliphatic carbocycles. The maximum atomic E-state index is 12.0. The molecule has 4 N–H and O–H groups in total. The van der Waals surface area contributed by atoms with Crippen LogP contribution in [0.15, 0.2) is 5.38 Å². The smallest absolute Gasteiger partial charge is 0.273 e. The summed E-state index contributed by atoms with van der Waals surface area (Å²) in [5.41, 5.74) is 5.99. The highest BCUT2D eigenvalue weighted by atomic mass is 32.1. The Balaban J connectivity index is 2.09. The Morgan fingerprint density at radius 1 is 1.59 bits per heavy atom. The maximum Gasteiger partial charge on any atom is 0.273 e. The van der Waals surface area contributed by atoms with E-state index in [1.165, 1.54) is 16.2 Å². The van der Waals surface area contributed by atoms with Gasteiger partial charge in [-0.1, -0.05) is 0 Å². The Bertz CT molecular complexity index is 411. The predicted molar refractivity (Wildman–Crippen MR) is 62.6 cm³/mol. The van der Waals surface area contributed by atoms with Crippen LogP contribution in [0.5, 0.6) is 0 Å². The van der Waals surface area contributed by atoms with Crippen molar-refractivity contribution in [3.63, 3.8) is 0 Å². The molecule has 1 aromatic heterocycles. The van der Waals surface area contributed by atoms with E-state index in [-0.39, 0.29) is 25.0 Å². The minimum absolute atomic E-state index is 0.144. The summed E-state index contributed by atoms with van der Waals surface area (Å²) in [6, 6.07) is -0.198. The van der Waals surface area contributed by atoms with Gasteiger partial charge in [-0.2, -0.15) is 0 Å². The van der Waals surface area contributed by atoms with Gasteiger partial charge in [0.15, 0.2) is 0 Å². The molecule has 7 heteroatoms. The molecular weight excluding hydrogens is 242 g/mol. The lowest BCUT2D eigenvalue weighted by Gasteiger charge is -2.13. The van der Waals surface area contributed by atoms with Crippen LogP contribution in [-0.4, -0.2) is 51.3 Å². The third-order valence-corrected chi connectivity index (χ3v) is 3.72. The lowest BCUT2D eigenvalue weighted by atomic mass is 10.3. The predicted octanol–water partition coefficient (Wildman–Crippen LogP) is -0.660. The average molecular weight is 257 g/mol. The molecule has 2 rings (SSSR count). The van der Waals surface area contributed by atoms with Crippen molar-refractivity contribution in [2.24, 2.45) is 5.73 Å². The van der Waals surface area contributed by atoms with Crippen molar-refractivity contribution in [1.82, 2.24) is 9.88 Å². The Kier molecular flexibility index (Phi) is 3.43. The number of carbonyl (C=O) groups excluding carboxylic acids is 1. The molecule has 1 aromatic rings. The van der Waals surface area contributed by atoms with Crippen LogP contribution in [-0.2, 0) is 0 Å². The summed E-state index contributed by atoms with van der Waals surface area (Å²) in [6.07, 6.45) is -1.74. The van der Waals surface area contributed by atoms with E-state index in [4.69, 9.17) is 5.73 Å². The molecule has 17 heavy (non-hydrogen) atoms. The van der Waals surface area contributed by atoms with Crippen LogP contribution in [0, 0.1) is 0 Å². The Morgan fingerprint density at radius 2 is 2.18 bits per heavy atom. The highest BCUT2D eigenvalue weighted by molar-refractivity contribution is 7.09. The van der Waals surface area contributed by atoms with Gasteiger partial charge >= 0.3 is 0 Å². The number of aromatic nitrogens is 1. The van der Waals surface area contributed by atoms with Gasteiger partial charge < -0.3 is 20.8 Å². The van der Waals surface area contributed by atoms with Gasteiger partial charge in [0, 0.05) is 18.5 Å². The molecule has 1 fully saturated rings. The second kappa shape index (κ2) is 4.69. The van der Waals surface area contributed by atoms with Crippen LogP contribution in [0.1, 0.15) is 28.5 Å². The molecule has 3 atom stereocenters. The quantitative estimate of drug-likeness (QED) is 0.653. The van der Waals surface area contributed by atoms with Gasteiger partial charge in [0.05, 0.1) is 18.2 Å². The molecule has 6 nitrogen and oxygen atoms in total. The zero-order chi connectivity index (χ0) is 12.6. The van der Waals surface area contributed by atoms with Gasteiger partial charge in [-0.25, -0.2) is 4.98 Å². The molecule has 1 unspecified atom stereocenters. The standard InChI is InChI=1S/C10H15N3O3S/c1-5(11)9-12-6(4-17-9)10(16)13-2-7(14)8(15)3-13/h4-5,7-8,14-15H,2-3,11H2,1H3/t5?,7-,8+. The van der Waals surface area contributed by atoms with Crippen LogP contribution >= 0.6 is 11.3 Å². The highest BCUT2D eigenvalue weighted by Gasteiger charge is 2.33. The van der Waals surface area contributed by atoms with E-state index in [1.807, 2.05) is 0 Å². The number of amides is 1. The topological polar surface area (TPSA) is 99.7 Å². The first-order valence-corrected chi connectivity index (χ1v) is 6.23. The van der Waals surface area contributed by atoms with Crippen LogP contribution in [0.3, 0.4) is 0 Å². The molecule has 0 spiro atoms. The molecule has 0 bridgehead atoms. The minimum atomic E-state index is -0.870.